The third-order valence-corrected chi connectivity index (χ3v) is 8.47. The summed E-state index contributed by atoms with van der Waals surface area (Å²) in [7, 11) is -3.56. The normalized spacial score (nSPS) is 17.9. The highest BCUT2D eigenvalue weighted by Gasteiger charge is 2.46. The van der Waals surface area contributed by atoms with Gasteiger partial charge in [-0.05, 0) is 26.7 Å². The molecule has 1 saturated heterocycles. The average molecular weight is 374 g/mol. The van der Waals surface area contributed by atoms with Gasteiger partial charge in [-0.1, -0.05) is 20.8 Å². The number of Topliss-reactive ketones (excluding diaryl/α,β-unsaturated/α-hetero) is 1. The number of ketones is 1. The van der Waals surface area contributed by atoms with Crippen molar-refractivity contribution in [3.63, 3.8) is 0 Å². The lowest BCUT2D eigenvalue weighted by Crippen LogP contribution is -2.48. The molecule has 0 radical (unpaired) electrons. The van der Waals surface area contributed by atoms with Crippen molar-refractivity contribution in [3.8, 4) is 0 Å². The van der Waals surface area contributed by atoms with E-state index in [1.165, 1.54) is 25.2 Å². The molecule has 1 aliphatic rings. The second kappa shape index (κ2) is 6.84. The molecule has 0 saturated carbocycles. The number of ether oxygens (including phenoxy) is 1. The molecule has 0 spiro atoms. The Morgan fingerprint density at radius 3 is 2.33 bits per heavy atom. The van der Waals surface area contributed by atoms with Gasteiger partial charge in [0.2, 0.25) is 0 Å². The van der Waals surface area contributed by atoms with E-state index in [0.29, 0.717) is 31.1 Å². The molecule has 1 aliphatic heterocycles. The van der Waals surface area contributed by atoms with Crippen molar-refractivity contribution >= 4 is 27.0 Å². The zero-order chi connectivity index (χ0) is 18.2. The Morgan fingerprint density at radius 2 is 1.83 bits per heavy atom. The fourth-order valence-electron chi connectivity index (χ4n) is 2.65. The van der Waals surface area contributed by atoms with Crippen molar-refractivity contribution in [3.05, 3.63) is 16.1 Å². The highest BCUT2D eigenvalue weighted by Crippen LogP contribution is 2.30. The van der Waals surface area contributed by atoms with Gasteiger partial charge < -0.3 is 4.74 Å². The fourth-order valence-corrected chi connectivity index (χ4v) is 5.70. The lowest BCUT2D eigenvalue weighted by atomic mass is 9.93. The average Bonchev–Trinajstić information content (AvgIpc) is 2.96. The minimum absolute atomic E-state index is 0.0657. The predicted molar refractivity (Wildman–Crippen MR) is 96.4 cm³/mol. The maximum atomic E-state index is 12.9. The van der Waals surface area contributed by atoms with E-state index in [2.05, 4.69) is 25.8 Å². The van der Waals surface area contributed by atoms with E-state index in [0.717, 1.165) is 5.69 Å². The maximum Gasteiger partial charge on any atom is 0.165 e. The first kappa shape index (κ1) is 19.5. The number of sulfone groups is 1. The Balaban J connectivity index is 2.16. The van der Waals surface area contributed by atoms with Gasteiger partial charge in [0.25, 0.3) is 0 Å². The topological polar surface area (TPSA) is 73.3 Å². The van der Waals surface area contributed by atoms with Crippen molar-refractivity contribution in [2.45, 2.75) is 69.3 Å². The molecule has 1 fully saturated rings. The molecule has 2 rings (SSSR count). The van der Waals surface area contributed by atoms with Gasteiger partial charge in [0.05, 0.1) is 17.4 Å². The Kier molecular flexibility index (Phi) is 5.57. The van der Waals surface area contributed by atoms with Crippen LogP contribution in [0.25, 0.3) is 0 Å². The van der Waals surface area contributed by atoms with Crippen LogP contribution in [0.5, 0.6) is 0 Å². The van der Waals surface area contributed by atoms with Gasteiger partial charge in [0, 0.05) is 24.0 Å². The number of nitrogens with zero attached hydrogens (tertiary/aromatic N) is 1. The Labute approximate surface area is 148 Å². The summed E-state index contributed by atoms with van der Waals surface area (Å²) in [5.41, 5.74) is 0.849. The van der Waals surface area contributed by atoms with Gasteiger partial charge in [-0.15, -0.1) is 11.3 Å². The first-order valence-electron chi connectivity index (χ1n) is 8.25. The molecule has 1 aromatic heterocycles. The minimum Gasteiger partial charge on any atom is -0.381 e. The maximum absolute atomic E-state index is 12.9. The summed E-state index contributed by atoms with van der Waals surface area (Å²) < 4.78 is 29.7. The molecule has 0 unspecified atom stereocenters. The van der Waals surface area contributed by atoms with Crippen LogP contribution >= 0.6 is 11.3 Å². The summed E-state index contributed by atoms with van der Waals surface area (Å²) in [4.78, 5) is 17.3. The van der Waals surface area contributed by atoms with Crippen LogP contribution in [0.2, 0.25) is 0 Å². The summed E-state index contributed by atoms with van der Waals surface area (Å²) in [6.45, 7) is 10.1. The first-order valence-corrected chi connectivity index (χ1v) is 10.7. The number of hydrogen-bond donors (Lipinski definition) is 0. The molecule has 2 heterocycles. The molecule has 0 bridgehead atoms. The van der Waals surface area contributed by atoms with Crippen LogP contribution in [0.4, 0.5) is 0 Å². The van der Waals surface area contributed by atoms with Gasteiger partial charge in [-0.25, -0.2) is 13.4 Å². The Morgan fingerprint density at radius 1 is 1.25 bits per heavy atom. The molecular formula is C17H27NO4S2. The fraction of sp³-hybridized carbons (Fsp3) is 0.765. The summed E-state index contributed by atoms with van der Waals surface area (Å²) >= 11 is 1.42. The molecular weight excluding hydrogens is 346 g/mol. The highest BCUT2D eigenvalue weighted by atomic mass is 32.2. The number of carbonyl (C=O) groups is 1. The first-order chi connectivity index (χ1) is 11.0. The quantitative estimate of drug-likeness (QED) is 0.793. The molecule has 0 N–H and O–H groups in total. The van der Waals surface area contributed by atoms with E-state index in [9.17, 15) is 13.2 Å². The number of hydrogen-bond acceptors (Lipinski definition) is 6. The minimum atomic E-state index is -3.56. The summed E-state index contributed by atoms with van der Waals surface area (Å²) in [6.07, 6.45) is 0.991. The van der Waals surface area contributed by atoms with Gasteiger partial charge in [-0.3, -0.25) is 4.79 Å². The molecule has 136 valence electrons. The zero-order valence-electron chi connectivity index (χ0n) is 15.1. The van der Waals surface area contributed by atoms with E-state index in [4.69, 9.17) is 4.74 Å². The standard InChI is InChI=1S/C17H27NO4S2/c1-16(2,3)13-11-23-15(18-13)10-14(19)17(4,5)24(20,21)12-6-8-22-9-7-12/h11-12H,6-10H2,1-5H3. The highest BCUT2D eigenvalue weighted by molar-refractivity contribution is 7.94. The zero-order valence-corrected chi connectivity index (χ0v) is 16.7. The number of rotatable bonds is 5. The summed E-state index contributed by atoms with van der Waals surface area (Å²) in [5, 5.41) is 2.13. The number of carbonyl (C=O) groups excluding carboxylic acids is 1. The third kappa shape index (κ3) is 3.89. The predicted octanol–water partition coefficient (Wildman–Crippen LogP) is 2.92. The van der Waals surface area contributed by atoms with E-state index >= 15 is 0 Å². The molecule has 0 aromatic carbocycles. The van der Waals surface area contributed by atoms with Crippen molar-refractivity contribution in [1.82, 2.24) is 4.98 Å². The lowest BCUT2D eigenvalue weighted by molar-refractivity contribution is -0.120. The Hall–Kier alpha value is -0.790. The Bertz CT molecular complexity index is 692. The van der Waals surface area contributed by atoms with Crippen LogP contribution in [0.1, 0.15) is 58.2 Å². The van der Waals surface area contributed by atoms with Crippen molar-refractivity contribution in [2.75, 3.05) is 13.2 Å². The van der Waals surface area contributed by atoms with Crippen molar-refractivity contribution in [2.24, 2.45) is 0 Å². The molecule has 0 atom stereocenters. The van der Waals surface area contributed by atoms with E-state index in [-0.39, 0.29) is 17.6 Å². The second-order valence-electron chi connectivity index (χ2n) is 7.84. The molecule has 7 heteroatoms. The van der Waals surface area contributed by atoms with Gasteiger partial charge in [0.1, 0.15) is 9.75 Å². The van der Waals surface area contributed by atoms with Crippen LogP contribution in [-0.2, 0) is 31.2 Å². The number of aromatic nitrogens is 1. The van der Waals surface area contributed by atoms with Gasteiger partial charge in [0.15, 0.2) is 15.6 Å². The summed E-state index contributed by atoms with van der Waals surface area (Å²) in [5.74, 6) is -0.288. The SMILES string of the molecule is CC(C)(C)c1csc(CC(=O)C(C)(C)S(=O)(=O)C2CCOCC2)n1. The van der Waals surface area contributed by atoms with Crippen molar-refractivity contribution < 1.29 is 17.9 Å². The van der Waals surface area contributed by atoms with Crippen LogP contribution in [0.15, 0.2) is 5.38 Å². The molecule has 0 amide bonds. The van der Waals surface area contributed by atoms with Crippen molar-refractivity contribution in [1.29, 1.82) is 0 Å². The largest absolute Gasteiger partial charge is 0.381 e. The van der Waals surface area contributed by atoms with E-state index in [1.807, 2.05) is 5.38 Å². The van der Waals surface area contributed by atoms with Crippen LogP contribution in [0, 0.1) is 0 Å². The molecule has 0 aliphatic carbocycles. The van der Waals surface area contributed by atoms with Gasteiger partial charge in [-0.2, -0.15) is 0 Å². The smallest absolute Gasteiger partial charge is 0.165 e. The van der Waals surface area contributed by atoms with Crippen LogP contribution in [-0.4, -0.2) is 42.4 Å². The second-order valence-corrected chi connectivity index (χ2v) is 11.6. The van der Waals surface area contributed by atoms with E-state index < -0.39 is 19.8 Å². The van der Waals surface area contributed by atoms with Crippen LogP contribution in [0.3, 0.4) is 0 Å². The lowest BCUT2D eigenvalue weighted by Gasteiger charge is -2.31. The van der Waals surface area contributed by atoms with E-state index in [1.54, 1.807) is 0 Å². The molecule has 24 heavy (non-hydrogen) atoms. The third-order valence-electron chi connectivity index (χ3n) is 4.62. The number of thiazole rings is 1. The monoisotopic (exact) mass is 373 g/mol. The summed E-state index contributed by atoms with van der Waals surface area (Å²) in [6, 6.07) is 0. The molecule has 1 aromatic rings. The van der Waals surface area contributed by atoms with Gasteiger partial charge >= 0.3 is 0 Å². The van der Waals surface area contributed by atoms with Crippen LogP contribution < -0.4 is 0 Å². The molecule has 5 nitrogen and oxygen atoms in total.